The van der Waals surface area contributed by atoms with Crippen LogP contribution in [0.3, 0.4) is 0 Å². The lowest BCUT2D eigenvalue weighted by atomic mass is 10.2. The van der Waals surface area contributed by atoms with Crippen LogP contribution >= 0.6 is 15.9 Å². The lowest BCUT2D eigenvalue weighted by Crippen LogP contribution is -2.24. The topological polar surface area (TPSA) is 29.1 Å². The molecule has 4 heteroatoms. The van der Waals surface area contributed by atoms with Crippen molar-refractivity contribution in [3.63, 3.8) is 0 Å². The minimum atomic E-state index is -0.440. The van der Waals surface area contributed by atoms with E-state index in [-0.39, 0.29) is 18.0 Å². The molecule has 0 saturated carbocycles. The van der Waals surface area contributed by atoms with Gasteiger partial charge in [-0.25, -0.2) is 4.39 Å². The second-order valence-corrected chi connectivity index (χ2v) is 3.59. The monoisotopic (exact) mass is 269 g/mol. The van der Waals surface area contributed by atoms with Crippen LogP contribution in [0, 0.1) is 17.7 Å². The molecule has 1 N–H and O–H groups in total. The van der Waals surface area contributed by atoms with Gasteiger partial charge >= 0.3 is 0 Å². The van der Waals surface area contributed by atoms with Gasteiger partial charge in [0.05, 0.1) is 12.1 Å². The number of nitrogens with one attached hydrogen (secondary N) is 1. The Morgan fingerprint density at radius 1 is 1.60 bits per heavy atom. The van der Waals surface area contributed by atoms with Crippen LogP contribution in [0.15, 0.2) is 22.7 Å². The summed E-state index contributed by atoms with van der Waals surface area (Å²) in [5.74, 6) is 4.56. The molecule has 1 rings (SSSR count). The number of carbonyl (C=O) groups is 1. The Morgan fingerprint density at radius 3 is 3.00 bits per heavy atom. The Bertz CT molecular complexity index is 434. The first-order chi connectivity index (χ1) is 7.15. The predicted molar refractivity (Wildman–Crippen MR) is 59.9 cm³/mol. The zero-order valence-electron chi connectivity index (χ0n) is 8.10. The van der Waals surface area contributed by atoms with Gasteiger partial charge in [0.25, 0.3) is 5.91 Å². The molecule has 0 bridgehead atoms. The lowest BCUT2D eigenvalue weighted by molar-refractivity contribution is 0.0957. The Hall–Kier alpha value is -1.34. The average Bonchev–Trinajstić information content (AvgIpc) is 2.22. The molecule has 0 aliphatic rings. The van der Waals surface area contributed by atoms with E-state index < -0.39 is 5.82 Å². The number of halogens is 2. The van der Waals surface area contributed by atoms with Crippen LogP contribution in [0.2, 0.25) is 0 Å². The van der Waals surface area contributed by atoms with E-state index in [4.69, 9.17) is 0 Å². The highest BCUT2D eigenvalue weighted by Gasteiger charge is 2.09. The van der Waals surface area contributed by atoms with E-state index in [1.807, 2.05) is 0 Å². The molecule has 1 aromatic rings. The highest BCUT2D eigenvalue weighted by atomic mass is 79.9. The Balaban J connectivity index is 2.80. The Kier molecular flexibility index (Phi) is 4.32. The smallest absolute Gasteiger partial charge is 0.253 e. The molecule has 0 fully saturated rings. The SMILES string of the molecule is CC#CCNC(=O)c1cc(F)ccc1Br. The maximum atomic E-state index is 12.9. The van der Waals surface area contributed by atoms with Crippen molar-refractivity contribution in [2.45, 2.75) is 6.92 Å². The summed E-state index contributed by atoms with van der Waals surface area (Å²) >= 11 is 3.18. The van der Waals surface area contributed by atoms with Crippen LogP contribution in [0.5, 0.6) is 0 Å². The third-order valence-corrected chi connectivity index (χ3v) is 2.38. The fourth-order valence-electron chi connectivity index (χ4n) is 0.980. The average molecular weight is 270 g/mol. The molecule has 78 valence electrons. The second kappa shape index (κ2) is 5.52. The van der Waals surface area contributed by atoms with Crippen molar-refractivity contribution in [3.05, 3.63) is 34.1 Å². The van der Waals surface area contributed by atoms with Crippen molar-refractivity contribution in [2.75, 3.05) is 6.54 Å². The fourth-order valence-corrected chi connectivity index (χ4v) is 1.41. The zero-order valence-corrected chi connectivity index (χ0v) is 9.69. The van der Waals surface area contributed by atoms with Gasteiger partial charge in [0, 0.05) is 4.47 Å². The second-order valence-electron chi connectivity index (χ2n) is 2.73. The summed E-state index contributed by atoms with van der Waals surface area (Å²) in [6.45, 7) is 1.95. The summed E-state index contributed by atoms with van der Waals surface area (Å²) in [7, 11) is 0. The van der Waals surface area contributed by atoms with Gasteiger partial charge in [0.2, 0.25) is 0 Å². The molecule has 0 radical (unpaired) electrons. The molecule has 0 heterocycles. The Morgan fingerprint density at radius 2 is 2.33 bits per heavy atom. The highest BCUT2D eigenvalue weighted by molar-refractivity contribution is 9.10. The van der Waals surface area contributed by atoms with Crippen LogP contribution in [0.4, 0.5) is 4.39 Å². The van der Waals surface area contributed by atoms with E-state index in [0.717, 1.165) is 0 Å². The van der Waals surface area contributed by atoms with Gasteiger partial charge in [0.1, 0.15) is 5.82 Å². The molecule has 0 saturated heterocycles. The van der Waals surface area contributed by atoms with E-state index in [9.17, 15) is 9.18 Å². The molecule has 0 aromatic heterocycles. The van der Waals surface area contributed by atoms with E-state index in [1.54, 1.807) is 6.92 Å². The maximum Gasteiger partial charge on any atom is 0.253 e. The van der Waals surface area contributed by atoms with E-state index in [0.29, 0.717) is 4.47 Å². The van der Waals surface area contributed by atoms with Crippen molar-refractivity contribution in [3.8, 4) is 11.8 Å². The van der Waals surface area contributed by atoms with Gasteiger partial charge < -0.3 is 5.32 Å². The summed E-state index contributed by atoms with van der Waals surface area (Å²) < 4.78 is 13.4. The van der Waals surface area contributed by atoms with Crippen molar-refractivity contribution in [2.24, 2.45) is 0 Å². The van der Waals surface area contributed by atoms with Crippen LogP contribution in [-0.2, 0) is 0 Å². The van der Waals surface area contributed by atoms with Gasteiger partial charge in [-0.3, -0.25) is 4.79 Å². The Labute approximate surface area is 96.0 Å². The van der Waals surface area contributed by atoms with Gasteiger partial charge in [-0.15, -0.1) is 5.92 Å². The first-order valence-corrected chi connectivity index (χ1v) is 5.07. The molecule has 0 aliphatic heterocycles. The maximum absolute atomic E-state index is 12.9. The summed E-state index contributed by atoms with van der Waals surface area (Å²) in [6.07, 6.45) is 0. The van der Waals surface area contributed by atoms with Crippen molar-refractivity contribution < 1.29 is 9.18 Å². The number of hydrogen-bond donors (Lipinski definition) is 1. The van der Waals surface area contributed by atoms with Crippen molar-refractivity contribution >= 4 is 21.8 Å². The number of hydrogen-bond acceptors (Lipinski definition) is 1. The first-order valence-electron chi connectivity index (χ1n) is 4.28. The van der Waals surface area contributed by atoms with Crippen LogP contribution < -0.4 is 5.32 Å². The van der Waals surface area contributed by atoms with E-state index in [2.05, 4.69) is 33.1 Å². The molecule has 2 nitrogen and oxygen atoms in total. The molecule has 0 unspecified atom stereocenters. The summed E-state index contributed by atoms with van der Waals surface area (Å²) in [5, 5.41) is 2.56. The van der Waals surface area contributed by atoms with Crippen molar-refractivity contribution in [1.29, 1.82) is 0 Å². The molecular formula is C11H9BrFNO. The summed E-state index contributed by atoms with van der Waals surface area (Å²) in [6, 6.07) is 3.96. The molecule has 1 amide bonds. The van der Waals surface area contributed by atoms with E-state index >= 15 is 0 Å². The van der Waals surface area contributed by atoms with Crippen molar-refractivity contribution in [1.82, 2.24) is 5.32 Å². The molecule has 0 spiro atoms. The highest BCUT2D eigenvalue weighted by Crippen LogP contribution is 2.17. The normalized spacial score (nSPS) is 9.00. The van der Waals surface area contributed by atoms with Gasteiger partial charge in [-0.1, -0.05) is 5.92 Å². The third-order valence-electron chi connectivity index (χ3n) is 1.69. The van der Waals surface area contributed by atoms with Gasteiger partial charge in [-0.05, 0) is 41.1 Å². The molecular weight excluding hydrogens is 261 g/mol. The zero-order chi connectivity index (χ0) is 11.3. The largest absolute Gasteiger partial charge is 0.341 e. The summed E-state index contributed by atoms with van der Waals surface area (Å²) in [5.41, 5.74) is 0.271. The molecule has 15 heavy (non-hydrogen) atoms. The quantitative estimate of drug-likeness (QED) is 0.821. The molecule has 0 aliphatic carbocycles. The van der Waals surface area contributed by atoms with Crippen LogP contribution in [0.1, 0.15) is 17.3 Å². The number of rotatable bonds is 2. The minimum absolute atomic E-state index is 0.262. The predicted octanol–water partition coefficient (Wildman–Crippen LogP) is 2.34. The lowest BCUT2D eigenvalue weighted by Gasteiger charge is -2.03. The first kappa shape index (κ1) is 11.7. The van der Waals surface area contributed by atoms with Crippen LogP contribution in [-0.4, -0.2) is 12.5 Å². The standard InChI is InChI=1S/C11H9BrFNO/c1-2-3-6-14-11(15)9-7-8(13)4-5-10(9)12/h4-5,7H,6H2,1H3,(H,14,15). The van der Waals surface area contributed by atoms with Gasteiger partial charge in [0.15, 0.2) is 0 Å². The summed E-state index contributed by atoms with van der Waals surface area (Å²) in [4.78, 5) is 11.5. The number of amides is 1. The molecule has 0 atom stereocenters. The number of carbonyl (C=O) groups excluding carboxylic acids is 1. The van der Waals surface area contributed by atoms with E-state index in [1.165, 1.54) is 18.2 Å². The van der Waals surface area contributed by atoms with Gasteiger partial charge in [-0.2, -0.15) is 0 Å². The number of benzene rings is 1. The minimum Gasteiger partial charge on any atom is -0.341 e. The molecule has 1 aromatic carbocycles. The van der Waals surface area contributed by atoms with Crippen LogP contribution in [0.25, 0.3) is 0 Å². The third kappa shape index (κ3) is 3.37. The fraction of sp³-hybridized carbons (Fsp3) is 0.182.